The Kier molecular flexibility index (Phi) is 14.1. The van der Waals surface area contributed by atoms with E-state index in [4.69, 9.17) is 9.47 Å². The number of hydrogen-bond donors (Lipinski definition) is 0. The Morgan fingerprint density at radius 2 is 0.758 bits per heavy atom. The number of hydrogen-bond acceptors (Lipinski definition) is 6. The highest BCUT2D eigenvalue weighted by Gasteiger charge is 2.16. The number of rotatable bonds is 17. The van der Waals surface area contributed by atoms with Gasteiger partial charge < -0.3 is 24.1 Å². The number of carbonyl (C=O) groups is 2. The van der Waals surface area contributed by atoms with Crippen molar-refractivity contribution in [1.82, 2.24) is 0 Å². The summed E-state index contributed by atoms with van der Waals surface area (Å²) in [6.45, 7) is 10.9. The Morgan fingerprint density at radius 1 is 0.419 bits per heavy atom. The summed E-state index contributed by atoms with van der Waals surface area (Å²) in [5.74, 6) is -0.00951. The standard InChI is InChI=1S/C56H56N2O4/c1-39-7-24-54(37-41(39)3)57(50-26-11-44(12-27-50)10-9-43(5)59)52-30-20-48(21-31-52)46-16-18-47(19-17-46)49-22-32-53(33-23-49)58(55-25-8-40(2)42(4)38-55)51-28-13-45(14-29-51)15-34-56(60)62-36-35-61-6/h7-8,11-14,16-33,37-38H,9-10,15,34-36H2,1-6H3. The monoisotopic (exact) mass is 820 g/mol. The first-order valence-electron chi connectivity index (χ1n) is 21.4. The number of ether oxygens (including phenoxy) is 2. The number of carbonyl (C=O) groups excluding carboxylic acids is 2. The summed E-state index contributed by atoms with van der Waals surface area (Å²) >= 11 is 0. The first-order chi connectivity index (χ1) is 30.1. The summed E-state index contributed by atoms with van der Waals surface area (Å²) in [6, 6.07) is 56.5. The van der Waals surface area contributed by atoms with Crippen molar-refractivity contribution in [3.63, 3.8) is 0 Å². The second kappa shape index (κ2) is 20.2. The Bertz CT molecular complexity index is 2600. The average Bonchev–Trinajstić information content (AvgIpc) is 3.29. The van der Waals surface area contributed by atoms with Crippen molar-refractivity contribution in [2.45, 2.75) is 60.3 Å². The minimum absolute atomic E-state index is 0.208. The molecule has 0 amide bonds. The zero-order valence-corrected chi connectivity index (χ0v) is 36.8. The molecule has 7 aromatic rings. The zero-order valence-electron chi connectivity index (χ0n) is 36.8. The number of benzene rings is 7. The van der Waals surface area contributed by atoms with E-state index in [0.29, 0.717) is 25.9 Å². The van der Waals surface area contributed by atoms with Gasteiger partial charge in [0.2, 0.25) is 0 Å². The molecule has 0 N–H and O–H groups in total. The van der Waals surface area contributed by atoms with E-state index in [0.717, 1.165) is 73.9 Å². The molecule has 0 aliphatic carbocycles. The fourth-order valence-electron chi connectivity index (χ4n) is 7.59. The molecule has 0 unspecified atom stereocenters. The number of aryl methyl sites for hydroxylation is 6. The van der Waals surface area contributed by atoms with Crippen LogP contribution in [0.4, 0.5) is 34.1 Å². The van der Waals surface area contributed by atoms with Gasteiger partial charge in [-0.2, -0.15) is 0 Å². The maximum absolute atomic E-state index is 12.2. The van der Waals surface area contributed by atoms with Gasteiger partial charge in [-0.25, -0.2) is 0 Å². The van der Waals surface area contributed by atoms with Crippen LogP contribution >= 0.6 is 0 Å². The highest BCUT2D eigenvalue weighted by Crippen LogP contribution is 2.39. The summed E-state index contributed by atoms with van der Waals surface area (Å²) in [7, 11) is 1.59. The molecule has 0 aromatic heterocycles. The summed E-state index contributed by atoms with van der Waals surface area (Å²) in [5, 5.41) is 0. The van der Waals surface area contributed by atoms with Gasteiger partial charge in [0.25, 0.3) is 0 Å². The van der Waals surface area contributed by atoms with E-state index >= 15 is 0 Å². The normalized spacial score (nSPS) is 11.0. The van der Waals surface area contributed by atoms with Crippen LogP contribution in [0.5, 0.6) is 0 Å². The van der Waals surface area contributed by atoms with Crippen LogP contribution in [0.3, 0.4) is 0 Å². The molecule has 0 saturated carbocycles. The molecule has 62 heavy (non-hydrogen) atoms. The number of ketones is 1. The van der Waals surface area contributed by atoms with E-state index < -0.39 is 0 Å². The molecule has 7 rings (SSSR count). The van der Waals surface area contributed by atoms with E-state index in [1.807, 2.05) is 0 Å². The molecular formula is C56H56N2O4. The van der Waals surface area contributed by atoms with Crippen molar-refractivity contribution in [2.24, 2.45) is 0 Å². The van der Waals surface area contributed by atoms with Crippen LogP contribution in [-0.2, 0) is 31.9 Å². The van der Waals surface area contributed by atoms with Gasteiger partial charge in [0.15, 0.2) is 0 Å². The van der Waals surface area contributed by atoms with Crippen LogP contribution in [0.15, 0.2) is 158 Å². The molecule has 0 fully saturated rings. The molecule has 6 nitrogen and oxygen atoms in total. The Hall–Kier alpha value is -6.76. The lowest BCUT2D eigenvalue weighted by molar-refractivity contribution is -0.144. The van der Waals surface area contributed by atoms with Gasteiger partial charge in [0.05, 0.1) is 6.61 Å². The summed E-state index contributed by atoms with van der Waals surface area (Å²) in [6.07, 6.45) is 2.24. The molecule has 6 heteroatoms. The first kappa shape index (κ1) is 43.3. The fraction of sp³-hybridized carbons (Fsp3) is 0.214. The van der Waals surface area contributed by atoms with Crippen molar-refractivity contribution >= 4 is 45.9 Å². The summed E-state index contributed by atoms with van der Waals surface area (Å²) in [4.78, 5) is 28.3. The topological polar surface area (TPSA) is 59.1 Å². The van der Waals surface area contributed by atoms with Crippen LogP contribution < -0.4 is 9.80 Å². The molecule has 314 valence electrons. The molecule has 0 saturated heterocycles. The Balaban J connectivity index is 1.09. The molecule has 0 radical (unpaired) electrons. The molecule has 7 aromatic carbocycles. The van der Waals surface area contributed by atoms with Gasteiger partial charge in [0, 0.05) is 54.1 Å². The zero-order chi connectivity index (χ0) is 43.6. The summed E-state index contributed by atoms with van der Waals surface area (Å²) in [5.41, 5.74) is 18.2. The van der Waals surface area contributed by atoms with Crippen LogP contribution in [0.1, 0.15) is 53.1 Å². The van der Waals surface area contributed by atoms with Gasteiger partial charge in [0.1, 0.15) is 12.4 Å². The van der Waals surface area contributed by atoms with Crippen LogP contribution in [-0.4, -0.2) is 32.1 Å². The molecule has 0 aliphatic rings. The van der Waals surface area contributed by atoms with E-state index in [-0.39, 0.29) is 18.4 Å². The third kappa shape index (κ3) is 10.8. The number of Topliss-reactive ketones (excluding diaryl/α,β-unsaturated/α-hetero) is 1. The quantitative estimate of drug-likeness (QED) is 0.0674. The third-order valence-corrected chi connectivity index (χ3v) is 11.6. The Labute approximate surface area is 367 Å². The minimum atomic E-state index is -0.217. The molecule has 0 aliphatic heterocycles. The predicted molar refractivity (Wildman–Crippen MR) is 256 cm³/mol. The molecule has 0 bridgehead atoms. The maximum Gasteiger partial charge on any atom is 0.306 e. The number of methoxy groups -OCH3 is 1. The van der Waals surface area contributed by atoms with Crippen molar-refractivity contribution < 1.29 is 19.1 Å². The van der Waals surface area contributed by atoms with Crippen LogP contribution in [0.25, 0.3) is 22.3 Å². The smallest absolute Gasteiger partial charge is 0.306 e. The van der Waals surface area contributed by atoms with Crippen molar-refractivity contribution in [3.05, 3.63) is 191 Å². The Morgan fingerprint density at radius 3 is 1.11 bits per heavy atom. The molecule has 0 spiro atoms. The van der Waals surface area contributed by atoms with Crippen LogP contribution in [0.2, 0.25) is 0 Å². The van der Waals surface area contributed by atoms with Gasteiger partial charge in [-0.15, -0.1) is 0 Å². The average molecular weight is 821 g/mol. The number of nitrogens with zero attached hydrogens (tertiary/aromatic N) is 2. The van der Waals surface area contributed by atoms with Gasteiger partial charge >= 0.3 is 5.97 Å². The molecular weight excluding hydrogens is 765 g/mol. The van der Waals surface area contributed by atoms with Crippen molar-refractivity contribution in [1.29, 1.82) is 0 Å². The molecule has 0 heterocycles. The largest absolute Gasteiger partial charge is 0.463 e. The predicted octanol–water partition coefficient (Wildman–Crippen LogP) is 13.8. The van der Waals surface area contributed by atoms with Crippen molar-refractivity contribution in [2.75, 3.05) is 30.1 Å². The van der Waals surface area contributed by atoms with E-state index in [1.54, 1.807) is 14.0 Å². The van der Waals surface area contributed by atoms with Crippen molar-refractivity contribution in [3.8, 4) is 22.3 Å². The second-order valence-corrected chi connectivity index (χ2v) is 16.1. The van der Waals surface area contributed by atoms with Gasteiger partial charge in [-0.05, 0) is 176 Å². The lowest BCUT2D eigenvalue weighted by Gasteiger charge is -2.26. The lowest BCUT2D eigenvalue weighted by atomic mass is 9.99. The van der Waals surface area contributed by atoms with E-state index in [2.05, 4.69) is 195 Å². The SMILES string of the molecule is COCCOC(=O)CCc1ccc(N(c2ccc(-c3ccc(-c4ccc(N(c5ccc(CCC(C)=O)cc5)c5ccc(C)c(C)c5)cc4)cc3)cc2)c2ccc(C)c(C)c2)cc1. The number of anilines is 6. The second-order valence-electron chi connectivity index (χ2n) is 16.1. The minimum Gasteiger partial charge on any atom is -0.463 e. The van der Waals surface area contributed by atoms with E-state index in [9.17, 15) is 9.59 Å². The summed E-state index contributed by atoms with van der Waals surface area (Å²) < 4.78 is 10.2. The lowest BCUT2D eigenvalue weighted by Crippen LogP contribution is -2.11. The van der Waals surface area contributed by atoms with E-state index in [1.165, 1.54) is 22.3 Å². The fourth-order valence-corrected chi connectivity index (χ4v) is 7.59. The maximum atomic E-state index is 12.2. The van der Waals surface area contributed by atoms with Crippen LogP contribution in [0, 0.1) is 27.7 Å². The highest BCUT2D eigenvalue weighted by molar-refractivity contribution is 5.81. The van der Waals surface area contributed by atoms with Gasteiger partial charge in [-0.1, -0.05) is 84.9 Å². The molecule has 0 atom stereocenters. The van der Waals surface area contributed by atoms with Gasteiger partial charge in [-0.3, -0.25) is 4.79 Å². The highest BCUT2D eigenvalue weighted by atomic mass is 16.6. The number of esters is 1. The first-order valence-corrected chi connectivity index (χ1v) is 21.4. The third-order valence-electron chi connectivity index (χ3n) is 11.6.